The summed E-state index contributed by atoms with van der Waals surface area (Å²) in [6, 6.07) is 3.67. The van der Waals surface area contributed by atoms with Gasteiger partial charge in [-0.25, -0.2) is 9.59 Å². The molecular weight excluding hydrogens is 772 g/mol. The molecule has 12 atom stereocenters. The molecule has 0 spiro atoms. The Morgan fingerprint density at radius 1 is 0.492 bits per heavy atom. The normalized spacial score (nSPS) is 42.8. The molecule has 11 rings (SSSR count). The lowest BCUT2D eigenvalue weighted by Crippen LogP contribution is -2.50. The Morgan fingerprint density at radius 2 is 0.864 bits per heavy atom. The number of cyclic esters (lactones) is 8. The van der Waals surface area contributed by atoms with Gasteiger partial charge >= 0.3 is 47.8 Å². The van der Waals surface area contributed by atoms with Crippen molar-refractivity contribution < 1.29 is 77.4 Å². The molecule has 7 saturated heterocycles. The lowest BCUT2D eigenvalue weighted by molar-refractivity contribution is -0.161. The third-order valence-electron chi connectivity index (χ3n) is 15.0. The molecule has 318 valence electrons. The maximum Gasteiger partial charge on any atom is 0.342 e. The smallest absolute Gasteiger partial charge is 0.342 e. The van der Waals surface area contributed by atoms with Gasteiger partial charge < -0.3 is 37.6 Å². The molecule has 16 nitrogen and oxygen atoms in total. The van der Waals surface area contributed by atoms with Crippen molar-refractivity contribution in [3.8, 4) is 0 Å². The van der Waals surface area contributed by atoms with Gasteiger partial charge in [-0.1, -0.05) is 45.1 Å². The highest BCUT2D eigenvalue weighted by molar-refractivity contribution is 6.11. The van der Waals surface area contributed by atoms with Gasteiger partial charge in [0.05, 0.1) is 49.2 Å². The first kappa shape index (κ1) is 42.1. The molecule has 0 aliphatic carbocycles. The Balaban J connectivity index is 0.000000130. The van der Waals surface area contributed by atoms with Gasteiger partial charge in [0.25, 0.3) is 0 Å². The van der Waals surface area contributed by atoms with Crippen LogP contribution in [-0.4, -0.2) is 84.4 Å². The van der Waals surface area contributed by atoms with Gasteiger partial charge in [-0.3, -0.25) is 28.8 Å². The predicted molar refractivity (Wildman–Crippen MR) is 200 cm³/mol. The van der Waals surface area contributed by atoms with Crippen molar-refractivity contribution in [3.05, 3.63) is 60.1 Å². The number of hydrogen-bond acceptors (Lipinski definition) is 16. The van der Waals surface area contributed by atoms with Gasteiger partial charge in [-0.2, -0.15) is 0 Å². The van der Waals surface area contributed by atoms with Gasteiger partial charge in [0, 0.05) is 12.6 Å². The molecule has 7 fully saturated rings. The first-order valence-corrected chi connectivity index (χ1v) is 19.9. The SMILES string of the molecule is CC1=C(C)C(=O)OC1=O.CCC12C(=O)OC(=O)C1(C)C1C=CC2O1.CCC12C(=O)OC(=O)C1(C)C1C=CC2O1.CCC12C(=O)OC(=O)C1(C)C1CCC2O1.[HH].c1ccoc1. The molecule has 16 heteroatoms. The molecule has 59 heavy (non-hydrogen) atoms. The molecular formula is C43H50O16. The summed E-state index contributed by atoms with van der Waals surface area (Å²) in [4.78, 5) is 92.0. The molecule has 6 bridgehead atoms. The Kier molecular flexibility index (Phi) is 10.2. The van der Waals surface area contributed by atoms with Crippen LogP contribution in [0.5, 0.6) is 0 Å². The fourth-order valence-electron chi connectivity index (χ4n) is 11.0. The second-order valence-corrected chi connectivity index (χ2v) is 16.7. The molecule has 0 aromatic carbocycles. The van der Waals surface area contributed by atoms with E-state index in [2.05, 4.69) is 9.15 Å². The van der Waals surface area contributed by atoms with Gasteiger partial charge in [-0.15, -0.1) is 0 Å². The summed E-state index contributed by atoms with van der Waals surface area (Å²) < 4.78 is 40.3. The second-order valence-electron chi connectivity index (χ2n) is 16.7. The zero-order valence-corrected chi connectivity index (χ0v) is 34.2. The monoisotopic (exact) mass is 822 g/mol. The molecule has 1 aromatic rings. The standard InChI is InChI=1S/C11H14O4.2C11H12O4.C6H6O3.C4H4O.H2/c3*1-3-11-7-5-4-6(14-7)10(11,2)8(12)15-9(11)13;1-3-4(2)6(8)9-5(3)7;1-2-4-5-3-1;/h6-7H,3-5H2,1-2H3;2*4-7H,3H2,1-2H3;1-2H3;1-4H;1H. The van der Waals surface area contributed by atoms with Gasteiger partial charge in [0.2, 0.25) is 0 Å². The molecule has 1 aromatic heterocycles. The highest BCUT2D eigenvalue weighted by Gasteiger charge is 2.79. The highest BCUT2D eigenvalue weighted by atomic mass is 16.6. The molecule has 0 radical (unpaired) electrons. The zero-order valence-electron chi connectivity index (χ0n) is 34.2. The third-order valence-corrected chi connectivity index (χ3v) is 15.0. The number of hydrogen-bond donors (Lipinski definition) is 0. The van der Waals surface area contributed by atoms with Crippen molar-refractivity contribution in [1.82, 2.24) is 0 Å². The van der Waals surface area contributed by atoms with E-state index in [0.29, 0.717) is 30.4 Å². The lowest BCUT2D eigenvalue weighted by Gasteiger charge is -2.36. The Labute approximate surface area is 341 Å². The maximum atomic E-state index is 11.9. The van der Waals surface area contributed by atoms with Crippen LogP contribution in [0, 0.1) is 32.5 Å². The predicted octanol–water partition coefficient (Wildman–Crippen LogP) is 4.58. The fourth-order valence-corrected chi connectivity index (χ4v) is 11.0. The van der Waals surface area contributed by atoms with Crippen LogP contribution >= 0.6 is 0 Å². The average Bonchev–Trinajstić information content (AvgIpc) is 4.08. The molecule has 10 aliphatic heterocycles. The Bertz CT molecular complexity index is 2010. The third kappa shape index (κ3) is 5.17. The van der Waals surface area contributed by atoms with Crippen LogP contribution in [0.2, 0.25) is 0 Å². The van der Waals surface area contributed by atoms with Crippen LogP contribution < -0.4 is 0 Å². The van der Waals surface area contributed by atoms with E-state index in [4.69, 9.17) is 28.4 Å². The van der Waals surface area contributed by atoms with Crippen LogP contribution in [0.4, 0.5) is 0 Å². The van der Waals surface area contributed by atoms with Crippen molar-refractivity contribution in [1.29, 1.82) is 0 Å². The van der Waals surface area contributed by atoms with Crippen LogP contribution in [-0.2, 0) is 71.5 Å². The van der Waals surface area contributed by atoms with Crippen molar-refractivity contribution in [2.75, 3.05) is 0 Å². The van der Waals surface area contributed by atoms with Gasteiger partial charge in [0.1, 0.15) is 32.5 Å². The summed E-state index contributed by atoms with van der Waals surface area (Å²) in [5, 5.41) is 0. The molecule has 0 N–H and O–H groups in total. The van der Waals surface area contributed by atoms with Crippen LogP contribution in [0.1, 0.15) is 88.9 Å². The maximum absolute atomic E-state index is 11.9. The van der Waals surface area contributed by atoms with E-state index in [1.165, 1.54) is 0 Å². The highest BCUT2D eigenvalue weighted by Crippen LogP contribution is 2.66. The van der Waals surface area contributed by atoms with Crippen molar-refractivity contribution >= 4 is 47.8 Å². The molecule has 12 unspecified atom stereocenters. The van der Waals surface area contributed by atoms with Crippen LogP contribution in [0.15, 0.2) is 64.5 Å². The molecule has 10 aliphatic rings. The van der Waals surface area contributed by atoms with Gasteiger partial charge in [0.15, 0.2) is 0 Å². The number of fused-ring (bicyclic) bond motifs is 15. The number of carbonyl (C=O) groups excluding carboxylic acids is 8. The number of ether oxygens (including phenoxy) is 7. The fraction of sp³-hybridized carbons (Fsp3) is 0.581. The van der Waals surface area contributed by atoms with Crippen molar-refractivity contribution in [3.63, 3.8) is 0 Å². The summed E-state index contributed by atoms with van der Waals surface area (Å²) in [6.07, 6.45) is 12.8. The van der Waals surface area contributed by atoms with Gasteiger partial charge in [-0.05, 0) is 78.9 Å². The summed E-state index contributed by atoms with van der Waals surface area (Å²) in [5.41, 5.74) is -3.82. The van der Waals surface area contributed by atoms with E-state index >= 15 is 0 Å². The van der Waals surface area contributed by atoms with E-state index in [1.807, 2.05) is 64.1 Å². The molecule has 11 heterocycles. The van der Waals surface area contributed by atoms with Crippen molar-refractivity contribution in [2.24, 2.45) is 32.5 Å². The number of furan rings is 1. The molecule has 0 amide bonds. The molecule has 0 saturated carbocycles. The first-order valence-electron chi connectivity index (χ1n) is 19.9. The van der Waals surface area contributed by atoms with E-state index in [-0.39, 0.29) is 50.0 Å². The van der Waals surface area contributed by atoms with E-state index in [9.17, 15) is 38.4 Å². The Morgan fingerprint density at radius 3 is 1.19 bits per heavy atom. The number of rotatable bonds is 3. The van der Waals surface area contributed by atoms with E-state index in [0.717, 1.165) is 12.8 Å². The Hall–Kier alpha value is -5.06. The first-order chi connectivity index (χ1) is 27.8. The summed E-state index contributed by atoms with van der Waals surface area (Å²) >= 11 is 0. The quantitative estimate of drug-likeness (QED) is 0.176. The minimum absolute atomic E-state index is 0. The summed E-state index contributed by atoms with van der Waals surface area (Å²) in [6.45, 7) is 14.3. The number of esters is 8. The minimum Gasteiger partial charge on any atom is -0.473 e. The number of carbonyl (C=O) groups is 8. The summed E-state index contributed by atoms with van der Waals surface area (Å²) in [5.74, 6) is -3.51. The second kappa shape index (κ2) is 14.3. The average molecular weight is 823 g/mol. The van der Waals surface area contributed by atoms with E-state index in [1.54, 1.807) is 40.2 Å². The zero-order chi connectivity index (χ0) is 43.1. The van der Waals surface area contributed by atoms with E-state index < -0.39 is 68.3 Å². The van der Waals surface area contributed by atoms with Crippen LogP contribution in [0.3, 0.4) is 0 Å². The largest absolute Gasteiger partial charge is 0.473 e. The van der Waals surface area contributed by atoms with Crippen molar-refractivity contribution in [2.45, 2.75) is 124 Å². The lowest BCUT2D eigenvalue weighted by atomic mass is 9.57. The van der Waals surface area contributed by atoms with Crippen LogP contribution in [0.25, 0.3) is 0 Å². The topological polar surface area (TPSA) is 214 Å². The minimum atomic E-state index is -0.821. The summed E-state index contributed by atoms with van der Waals surface area (Å²) in [7, 11) is 0.